The summed E-state index contributed by atoms with van der Waals surface area (Å²) in [4.78, 5) is 0. The van der Waals surface area contributed by atoms with Gasteiger partial charge in [-0.2, -0.15) is 0 Å². The number of benzene rings is 1. The van der Waals surface area contributed by atoms with Crippen molar-refractivity contribution in [3.8, 4) is 0 Å². The minimum absolute atomic E-state index is 0.441. The molecular formula is C15H22ClN. The van der Waals surface area contributed by atoms with Crippen molar-refractivity contribution in [2.45, 2.75) is 46.1 Å². The lowest BCUT2D eigenvalue weighted by Gasteiger charge is -2.39. The van der Waals surface area contributed by atoms with E-state index >= 15 is 0 Å². The molecule has 2 atom stereocenters. The van der Waals surface area contributed by atoms with E-state index in [1.54, 1.807) is 0 Å². The average molecular weight is 252 g/mol. The highest BCUT2D eigenvalue weighted by molar-refractivity contribution is 6.33. The zero-order chi connectivity index (χ0) is 12.5. The molecule has 1 nitrogen and oxygen atoms in total. The van der Waals surface area contributed by atoms with Gasteiger partial charge >= 0.3 is 0 Å². The molecule has 1 aromatic rings. The van der Waals surface area contributed by atoms with Gasteiger partial charge in [-0.1, -0.05) is 44.5 Å². The lowest BCUT2D eigenvalue weighted by molar-refractivity contribution is 0.178. The molecule has 0 heterocycles. The lowest BCUT2D eigenvalue weighted by Crippen LogP contribution is -2.35. The summed E-state index contributed by atoms with van der Waals surface area (Å²) in [5, 5.41) is 4.43. The minimum atomic E-state index is 0.441. The molecule has 0 saturated heterocycles. The fourth-order valence-electron chi connectivity index (χ4n) is 3.25. The summed E-state index contributed by atoms with van der Waals surface area (Å²) in [5.41, 5.74) is 1.51. The molecule has 0 bridgehead atoms. The van der Waals surface area contributed by atoms with Gasteiger partial charge in [0.15, 0.2) is 0 Å². The van der Waals surface area contributed by atoms with Crippen LogP contribution in [0.25, 0.3) is 0 Å². The fourth-order valence-corrected chi connectivity index (χ4v) is 3.44. The van der Waals surface area contributed by atoms with Gasteiger partial charge in [0, 0.05) is 6.04 Å². The number of hydrogen-bond acceptors (Lipinski definition) is 1. The Bertz CT molecular complexity index is 386. The third-order valence-electron chi connectivity index (χ3n) is 3.62. The lowest BCUT2D eigenvalue weighted by atomic mass is 9.70. The van der Waals surface area contributed by atoms with Crippen molar-refractivity contribution in [1.29, 1.82) is 0 Å². The molecular weight excluding hydrogens is 230 g/mol. The van der Waals surface area contributed by atoms with Gasteiger partial charge in [0.05, 0.1) is 10.7 Å². The van der Waals surface area contributed by atoms with E-state index in [-0.39, 0.29) is 0 Å². The monoisotopic (exact) mass is 251 g/mol. The quantitative estimate of drug-likeness (QED) is 0.783. The minimum Gasteiger partial charge on any atom is -0.381 e. The zero-order valence-corrected chi connectivity index (χ0v) is 11.7. The first kappa shape index (κ1) is 12.8. The van der Waals surface area contributed by atoms with Crippen molar-refractivity contribution < 1.29 is 0 Å². The van der Waals surface area contributed by atoms with Crippen molar-refractivity contribution in [1.82, 2.24) is 0 Å². The van der Waals surface area contributed by atoms with E-state index in [1.807, 2.05) is 18.2 Å². The third-order valence-corrected chi connectivity index (χ3v) is 3.95. The Morgan fingerprint density at radius 3 is 2.59 bits per heavy atom. The Balaban J connectivity index is 2.06. The Labute approximate surface area is 110 Å². The highest BCUT2D eigenvalue weighted by Crippen LogP contribution is 2.40. The maximum absolute atomic E-state index is 6.19. The first-order chi connectivity index (χ1) is 7.96. The maximum atomic E-state index is 6.19. The Kier molecular flexibility index (Phi) is 3.67. The van der Waals surface area contributed by atoms with Gasteiger partial charge in [-0.25, -0.2) is 0 Å². The molecule has 0 amide bonds. The standard InChI is InChI=1S/C15H22ClN/c1-11-8-12(10-15(2,3)9-11)17-14-7-5-4-6-13(14)16/h4-7,11-12,17H,8-10H2,1-3H3. The van der Waals surface area contributed by atoms with Gasteiger partial charge < -0.3 is 5.32 Å². The van der Waals surface area contributed by atoms with Crippen molar-refractivity contribution in [3.63, 3.8) is 0 Å². The molecule has 0 aliphatic heterocycles. The van der Waals surface area contributed by atoms with E-state index < -0.39 is 0 Å². The number of nitrogens with one attached hydrogen (secondary N) is 1. The summed E-state index contributed by atoms with van der Waals surface area (Å²) in [6, 6.07) is 8.57. The van der Waals surface area contributed by atoms with E-state index in [9.17, 15) is 0 Å². The van der Waals surface area contributed by atoms with Gasteiger partial charge in [0.1, 0.15) is 0 Å². The third kappa shape index (κ3) is 3.38. The first-order valence-corrected chi connectivity index (χ1v) is 6.85. The van der Waals surface area contributed by atoms with Crippen LogP contribution in [0.1, 0.15) is 40.0 Å². The van der Waals surface area contributed by atoms with Crippen LogP contribution in [0.15, 0.2) is 24.3 Å². The van der Waals surface area contributed by atoms with Crippen LogP contribution in [-0.2, 0) is 0 Å². The van der Waals surface area contributed by atoms with Crippen LogP contribution < -0.4 is 5.32 Å². The van der Waals surface area contributed by atoms with Crippen LogP contribution in [0.4, 0.5) is 5.69 Å². The smallest absolute Gasteiger partial charge is 0.0637 e. The summed E-state index contributed by atoms with van der Waals surface area (Å²) in [7, 11) is 0. The molecule has 2 unspecified atom stereocenters. The molecule has 17 heavy (non-hydrogen) atoms. The highest BCUT2D eigenvalue weighted by Gasteiger charge is 2.31. The molecule has 1 aliphatic rings. The number of rotatable bonds is 2. The largest absolute Gasteiger partial charge is 0.381 e. The second kappa shape index (κ2) is 4.89. The normalized spacial score (nSPS) is 27.8. The molecule has 0 aromatic heterocycles. The molecule has 1 aromatic carbocycles. The number of halogens is 1. The van der Waals surface area contributed by atoms with Gasteiger partial charge in [0.2, 0.25) is 0 Å². The Morgan fingerprint density at radius 1 is 1.24 bits per heavy atom. The van der Waals surface area contributed by atoms with Gasteiger partial charge in [0.25, 0.3) is 0 Å². The van der Waals surface area contributed by atoms with Gasteiger partial charge in [-0.15, -0.1) is 0 Å². The molecule has 0 spiro atoms. The molecule has 2 heteroatoms. The van der Waals surface area contributed by atoms with E-state index in [2.05, 4.69) is 32.2 Å². The SMILES string of the molecule is CC1CC(Nc2ccccc2Cl)CC(C)(C)C1. The Hall–Kier alpha value is -0.690. The summed E-state index contributed by atoms with van der Waals surface area (Å²) in [5.74, 6) is 0.790. The second-order valence-corrected chi connectivity index (χ2v) is 6.64. The zero-order valence-electron chi connectivity index (χ0n) is 11.0. The highest BCUT2D eigenvalue weighted by atomic mass is 35.5. The number of para-hydroxylation sites is 1. The predicted octanol–water partition coefficient (Wildman–Crippen LogP) is 4.97. The summed E-state index contributed by atoms with van der Waals surface area (Å²) < 4.78 is 0. The van der Waals surface area contributed by atoms with E-state index in [0.29, 0.717) is 11.5 Å². The van der Waals surface area contributed by atoms with E-state index in [4.69, 9.17) is 11.6 Å². The van der Waals surface area contributed by atoms with Gasteiger partial charge in [-0.3, -0.25) is 0 Å². The first-order valence-electron chi connectivity index (χ1n) is 6.47. The van der Waals surface area contributed by atoms with E-state index in [0.717, 1.165) is 16.6 Å². The van der Waals surface area contributed by atoms with Gasteiger partial charge in [-0.05, 0) is 42.7 Å². The topological polar surface area (TPSA) is 12.0 Å². The van der Waals surface area contributed by atoms with Crippen LogP contribution in [-0.4, -0.2) is 6.04 Å². The van der Waals surface area contributed by atoms with Crippen molar-refractivity contribution in [2.75, 3.05) is 5.32 Å². The molecule has 2 rings (SSSR count). The maximum Gasteiger partial charge on any atom is 0.0637 e. The molecule has 0 radical (unpaired) electrons. The van der Waals surface area contributed by atoms with E-state index in [1.165, 1.54) is 19.3 Å². The van der Waals surface area contributed by atoms with Crippen LogP contribution in [0.2, 0.25) is 5.02 Å². The van der Waals surface area contributed by atoms with Crippen molar-refractivity contribution >= 4 is 17.3 Å². The van der Waals surface area contributed by atoms with Crippen LogP contribution in [0.3, 0.4) is 0 Å². The second-order valence-electron chi connectivity index (χ2n) is 6.23. The molecule has 1 saturated carbocycles. The van der Waals surface area contributed by atoms with Crippen molar-refractivity contribution in [2.24, 2.45) is 11.3 Å². The summed E-state index contributed by atoms with van der Waals surface area (Å²) in [6.45, 7) is 7.08. The summed E-state index contributed by atoms with van der Waals surface area (Å²) >= 11 is 6.19. The average Bonchev–Trinajstić information content (AvgIpc) is 2.18. The molecule has 94 valence electrons. The van der Waals surface area contributed by atoms with Crippen LogP contribution in [0, 0.1) is 11.3 Å². The predicted molar refractivity (Wildman–Crippen MR) is 75.7 cm³/mol. The molecule has 1 aliphatic carbocycles. The number of anilines is 1. The summed E-state index contributed by atoms with van der Waals surface area (Å²) in [6.07, 6.45) is 3.80. The molecule has 1 N–H and O–H groups in total. The number of hydrogen-bond donors (Lipinski definition) is 1. The Morgan fingerprint density at radius 2 is 1.94 bits per heavy atom. The fraction of sp³-hybridized carbons (Fsp3) is 0.600. The van der Waals surface area contributed by atoms with Crippen LogP contribution >= 0.6 is 11.6 Å². The van der Waals surface area contributed by atoms with Crippen LogP contribution in [0.5, 0.6) is 0 Å². The van der Waals surface area contributed by atoms with Crippen molar-refractivity contribution in [3.05, 3.63) is 29.3 Å². The molecule has 1 fully saturated rings.